The van der Waals surface area contributed by atoms with E-state index in [2.05, 4.69) is 4.90 Å². The van der Waals surface area contributed by atoms with Gasteiger partial charge in [-0.15, -0.1) is 12.4 Å². The van der Waals surface area contributed by atoms with Crippen molar-refractivity contribution in [1.82, 2.24) is 9.80 Å². The number of unbranched alkanes of at least 4 members (excludes halogenated alkanes) is 1. The molecule has 0 unspecified atom stereocenters. The van der Waals surface area contributed by atoms with Crippen LogP contribution >= 0.6 is 24.0 Å². The van der Waals surface area contributed by atoms with E-state index < -0.39 is 0 Å². The van der Waals surface area contributed by atoms with Gasteiger partial charge in [0.15, 0.2) is 0 Å². The summed E-state index contributed by atoms with van der Waals surface area (Å²) in [7, 11) is 0. The molecule has 0 saturated carbocycles. The molecule has 5 nitrogen and oxygen atoms in total. The number of rotatable bonds is 7. The molecule has 1 fully saturated rings. The van der Waals surface area contributed by atoms with Gasteiger partial charge in [0.25, 0.3) is 0 Å². The normalized spacial score (nSPS) is 14.8. The fourth-order valence-electron chi connectivity index (χ4n) is 2.53. The summed E-state index contributed by atoms with van der Waals surface area (Å²) in [5.74, 6) is 0.859. The fourth-order valence-corrected chi connectivity index (χ4v) is 2.65. The van der Waals surface area contributed by atoms with Gasteiger partial charge in [0, 0.05) is 31.2 Å². The lowest BCUT2D eigenvalue weighted by Gasteiger charge is -2.33. The van der Waals surface area contributed by atoms with Gasteiger partial charge in [-0.1, -0.05) is 11.6 Å². The summed E-state index contributed by atoms with van der Waals surface area (Å²) >= 11 is 5.84. The van der Waals surface area contributed by atoms with Crippen LogP contribution in [0.3, 0.4) is 0 Å². The maximum atomic E-state index is 11.6. The van der Waals surface area contributed by atoms with Crippen LogP contribution in [0.2, 0.25) is 5.02 Å². The van der Waals surface area contributed by atoms with Crippen molar-refractivity contribution in [2.24, 2.45) is 0 Å². The van der Waals surface area contributed by atoms with Gasteiger partial charge in [0.2, 0.25) is 0 Å². The van der Waals surface area contributed by atoms with Crippen molar-refractivity contribution in [3.05, 3.63) is 29.3 Å². The SMILES string of the molecule is CCOC(=O)N1CCN(CCCCOc2ccc(Cl)cc2)CC1.Cl. The molecule has 0 spiro atoms. The summed E-state index contributed by atoms with van der Waals surface area (Å²) in [4.78, 5) is 15.8. The van der Waals surface area contributed by atoms with Gasteiger partial charge >= 0.3 is 6.09 Å². The molecule has 0 bridgehead atoms. The van der Waals surface area contributed by atoms with Crippen LogP contribution in [0.4, 0.5) is 4.79 Å². The van der Waals surface area contributed by atoms with Crippen LogP contribution in [0, 0.1) is 0 Å². The Bertz CT molecular complexity index is 477. The van der Waals surface area contributed by atoms with Crippen LogP contribution in [0.5, 0.6) is 5.75 Å². The lowest BCUT2D eigenvalue weighted by atomic mass is 10.2. The van der Waals surface area contributed by atoms with Crippen LogP contribution in [0.1, 0.15) is 19.8 Å². The van der Waals surface area contributed by atoms with Crippen molar-refractivity contribution >= 4 is 30.1 Å². The van der Waals surface area contributed by atoms with Gasteiger partial charge in [0.05, 0.1) is 13.2 Å². The number of carbonyl (C=O) groups excluding carboxylic acids is 1. The molecule has 0 atom stereocenters. The van der Waals surface area contributed by atoms with Crippen molar-refractivity contribution in [3.63, 3.8) is 0 Å². The zero-order valence-electron chi connectivity index (χ0n) is 14.1. The van der Waals surface area contributed by atoms with Gasteiger partial charge in [0.1, 0.15) is 5.75 Å². The Kier molecular flexibility index (Phi) is 9.91. The maximum absolute atomic E-state index is 11.6. The molecule has 1 aliphatic heterocycles. The molecule has 1 aliphatic rings. The molecule has 1 amide bonds. The first-order valence-electron chi connectivity index (χ1n) is 8.21. The Morgan fingerprint density at radius 3 is 2.42 bits per heavy atom. The van der Waals surface area contributed by atoms with Gasteiger partial charge in [-0.05, 0) is 50.6 Å². The highest BCUT2D eigenvalue weighted by Gasteiger charge is 2.21. The highest BCUT2D eigenvalue weighted by molar-refractivity contribution is 6.30. The molecule has 136 valence electrons. The Balaban J connectivity index is 0.00000288. The van der Waals surface area contributed by atoms with E-state index in [4.69, 9.17) is 21.1 Å². The van der Waals surface area contributed by atoms with Crippen molar-refractivity contribution in [1.29, 1.82) is 0 Å². The standard InChI is InChI=1S/C17H25ClN2O3.ClH/c1-2-22-17(21)20-12-10-19(11-13-20)9-3-4-14-23-16-7-5-15(18)6-8-16;/h5-8H,2-4,9-14H2,1H3;1H. The number of amides is 1. The first kappa shape index (κ1) is 20.9. The first-order chi connectivity index (χ1) is 11.2. The summed E-state index contributed by atoms with van der Waals surface area (Å²) in [5.41, 5.74) is 0. The third-order valence-electron chi connectivity index (χ3n) is 3.85. The van der Waals surface area contributed by atoms with Crippen molar-refractivity contribution in [2.45, 2.75) is 19.8 Å². The highest BCUT2D eigenvalue weighted by atomic mass is 35.5. The number of carbonyl (C=O) groups is 1. The van der Waals surface area contributed by atoms with E-state index in [0.29, 0.717) is 13.2 Å². The summed E-state index contributed by atoms with van der Waals surface area (Å²) in [6.45, 7) is 7.35. The molecule has 0 N–H and O–H groups in total. The number of nitrogens with zero attached hydrogens (tertiary/aromatic N) is 2. The number of hydrogen-bond acceptors (Lipinski definition) is 4. The zero-order chi connectivity index (χ0) is 16.5. The van der Waals surface area contributed by atoms with Crippen LogP contribution in [0.25, 0.3) is 0 Å². The molecule has 1 aromatic carbocycles. The maximum Gasteiger partial charge on any atom is 0.409 e. The zero-order valence-corrected chi connectivity index (χ0v) is 15.7. The van der Waals surface area contributed by atoms with E-state index in [9.17, 15) is 4.79 Å². The van der Waals surface area contributed by atoms with Crippen LogP contribution in [-0.4, -0.2) is 61.8 Å². The van der Waals surface area contributed by atoms with Crippen molar-refractivity contribution in [2.75, 3.05) is 45.9 Å². The topological polar surface area (TPSA) is 42.0 Å². The molecule has 0 aliphatic carbocycles. The Morgan fingerprint density at radius 2 is 1.79 bits per heavy atom. The van der Waals surface area contributed by atoms with Gasteiger partial charge in [-0.2, -0.15) is 0 Å². The molecular formula is C17H26Cl2N2O3. The first-order valence-corrected chi connectivity index (χ1v) is 8.59. The van der Waals surface area contributed by atoms with Crippen molar-refractivity contribution < 1.29 is 14.3 Å². The predicted molar refractivity (Wildman–Crippen MR) is 98.5 cm³/mol. The minimum atomic E-state index is -0.191. The third kappa shape index (κ3) is 7.16. The number of halogens is 2. The van der Waals surface area contributed by atoms with E-state index in [1.165, 1.54) is 0 Å². The summed E-state index contributed by atoms with van der Waals surface area (Å²) in [6.07, 6.45) is 1.91. The average Bonchev–Trinajstić information content (AvgIpc) is 2.57. The summed E-state index contributed by atoms with van der Waals surface area (Å²) in [5, 5.41) is 0.722. The van der Waals surface area contributed by atoms with E-state index in [0.717, 1.165) is 56.3 Å². The Morgan fingerprint density at radius 1 is 1.12 bits per heavy atom. The molecule has 7 heteroatoms. The molecule has 2 rings (SSSR count). The Labute approximate surface area is 155 Å². The smallest absolute Gasteiger partial charge is 0.409 e. The second-order valence-corrected chi connectivity index (χ2v) is 5.97. The summed E-state index contributed by atoms with van der Waals surface area (Å²) < 4.78 is 10.7. The molecule has 0 aromatic heterocycles. The average molecular weight is 377 g/mol. The number of ether oxygens (including phenoxy) is 2. The number of piperazine rings is 1. The molecule has 1 saturated heterocycles. The fraction of sp³-hybridized carbons (Fsp3) is 0.588. The lowest BCUT2D eigenvalue weighted by molar-refractivity contribution is 0.0789. The summed E-state index contributed by atoms with van der Waals surface area (Å²) in [6, 6.07) is 7.44. The minimum absolute atomic E-state index is 0. The molecule has 1 aromatic rings. The van der Waals surface area contributed by atoms with E-state index >= 15 is 0 Å². The second-order valence-electron chi connectivity index (χ2n) is 5.54. The van der Waals surface area contributed by atoms with E-state index in [1.807, 2.05) is 31.2 Å². The van der Waals surface area contributed by atoms with Crippen LogP contribution in [-0.2, 0) is 4.74 Å². The highest BCUT2D eigenvalue weighted by Crippen LogP contribution is 2.15. The number of benzene rings is 1. The van der Waals surface area contributed by atoms with Gasteiger partial charge < -0.3 is 14.4 Å². The molecule has 1 heterocycles. The van der Waals surface area contributed by atoms with E-state index in [1.54, 1.807) is 4.90 Å². The quantitative estimate of drug-likeness (QED) is 0.680. The van der Waals surface area contributed by atoms with Crippen LogP contribution in [0.15, 0.2) is 24.3 Å². The minimum Gasteiger partial charge on any atom is -0.494 e. The largest absolute Gasteiger partial charge is 0.494 e. The van der Waals surface area contributed by atoms with Gasteiger partial charge in [-0.25, -0.2) is 4.79 Å². The second kappa shape index (κ2) is 11.4. The molecule has 0 radical (unpaired) electrons. The van der Waals surface area contributed by atoms with Gasteiger partial charge in [-0.3, -0.25) is 4.90 Å². The molecule has 24 heavy (non-hydrogen) atoms. The predicted octanol–water partition coefficient (Wildman–Crippen LogP) is 3.69. The third-order valence-corrected chi connectivity index (χ3v) is 4.10. The monoisotopic (exact) mass is 376 g/mol. The Hall–Kier alpha value is -1.17. The van der Waals surface area contributed by atoms with E-state index in [-0.39, 0.29) is 18.5 Å². The lowest BCUT2D eigenvalue weighted by Crippen LogP contribution is -2.49. The number of hydrogen-bond donors (Lipinski definition) is 0. The van der Waals surface area contributed by atoms with Crippen molar-refractivity contribution in [3.8, 4) is 5.75 Å². The molecular weight excluding hydrogens is 351 g/mol. The van der Waals surface area contributed by atoms with Crippen LogP contribution < -0.4 is 4.74 Å².